The Morgan fingerprint density at radius 1 is 1.14 bits per heavy atom. The number of carbonyl (C=O) groups is 1. The third kappa shape index (κ3) is 3.52. The first kappa shape index (κ1) is 19.3. The second kappa shape index (κ2) is 8.35. The van der Waals surface area contributed by atoms with Crippen molar-refractivity contribution in [3.63, 3.8) is 0 Å². The predicted octanol–water partition coefficient (Wildman–Crippen LogP) is 3.89. The number of pyridine rings is 1. The van der Waals surface area contributed by atoms with Gasteiger partial charge < -0.3 is 14.5 Å². The number of hydrogen-bond acceptors (Lipinski definition) is 7. The summed E-state index contributed by atoms with van der Waals surface area (Å²) in [6.07, 6.45) is 8.02. The van der Waals surface area contributed by atoms with Crippen LogP contribution in [0.5, 0.6) is 5.75 Å². The number of benzene rings is 1. The third-order valence-electron chi connectivity index (χ3n) is 7.83. The van der Waals surface area contributed by atoms with Crippen LogP contribution < -0.4 is 14.5 Å². The predicted molar refractivity (Wildman–Crippen MR) is 137 cm³/mol. The Balaban J connectivity index is 1.25. The van der Waals surface area contributed by atoms with E-state index < -0.39 is 12.6 Å². The first-order valence-corrected chi connectivity index (χ1v) is 12.2. The van der Waals surface area contributed by atoms with Crippen molar-refractivity contribution < 1.29 is 18.4 Å². The Kier molecular flexibility index (Phi) is 4.48. The smallest absolute Gasteiger partial charge is 0.188 e. The minimum Gasteiger partial charge on any atom is -0.483 e. The monoisotopic (exact) mass is 486 g/mol. The summed E-state index contributed by atoms with van der Waals surface area (Å²) in [6, 6.07) is 5.66. The lowest BCUT2D eigenvalue weighted by molar-refractivity contribution is 0.0225. The van der Waals surface area contributed by atoms with Crippen molar-refractivity contribution in [1.82, 2.24) is 14.8 Å². The number of aryl methyl sites for hydroxylation is 2. The molecule has 0 bridgehead atoms. The van der Waals surface area contributed by atoms with E-state index in [0.29, 0.717) is 49.2 Å². The quantitative estimate of drug-likeness (QED) is 0.509. The summed E-state index contributed by atoms with van der Waals surface area (Å²) < 4.78 is 31.7. The van der Waals surface area contributed by atoms with Crippen LogP contribution in [0.3, 0.4) is 0 Å². The Bertz CT molecular complexity index is 1530. The van der Waals surface area contributed by atoms with Crippen LogP contribution in [-0.4, -0.2) is 52.2 Å². The summed E-state index contributed by atoms with van der Waals surface area (Å²) in [6.45, 7) is 1.07. The SMILES string of the molecule is [2H]C([2H])([2H])N1C(=C=O)CCc2cc(-c3cncc(N4CCC5(CC4)CC(=O)c4c(cnn4C)O5)c3C)ccc21. The van der Waals surface area contributed by atoms with Gasteiger partial charge >= 0.3 is 0 Å². The molecule has 0 unspecified atom stereocenters. The topological polar surface area (TPSA) is 80.6 Å². The number of nitrogens with zero attached hydrogens (tertiary/aromatic N) is 5. The van der Waals surface area contributed by atoms with Crippen LogP contribution in [0.25, 0.3) is 11.1 Å². The van der Waals surface area contributed by atoms with Crippen molar-refractivity contribution in [2.75, 3.05) is 29.9 Å². The van der Waals surface area contributed by atoms with E-state index in [2.05, 4.69) is 21.9 Å². The van der Waals surface area contributed by atoms with Gasteiger partial charge in [0.2, 0.25) is 0 Å². The van der Waals surface area contributed by atoms with Crippen LogP contribution in [-0.2, 0) is 18.3 Å². The first-order chi connectivity index (χ1) is 18.6. The lowest BCUT2D eigenvalue weighted by atomic mass is 9.83. The molecule has 1 spiro atoms. The highest BCUT2D eigenvalue weighted by atomic mass is 16.5. The van der Waals surface area contributed by atoms with Crippen molar-refractivity contribution in [2.24, 2.45) is 7.05 Å². The number of anilines is 2. The number of piperidine rings is 1. The van der Waals surface area contributed by atoms with Crippen molar-refractivity contribution >= 4 is 23.1 Å². The van der Waals surface area contributed by atoms with Gasteiger partial charge in [-0.15, -0.1) is 0 Å². The molecular weight excluding hydrogens is 454 g/mol. The van der Waals surface area contributed by atoms with Crippen molar-refractivity contribution in [1.29, 1.82) is 0 Å². The van der Waals surface area contributed by atoms with Gasteiger partial charge in [0.05, 0.1) is 24.5 Å². The molecule has 0 amide bonds. The number of carbonyl (C=O) groups excluding carboxylic acids is 2. The molecule has 184 valence electrons. The summed E-state index contributed by atoms with van der Waals surface area (Å²) >= 11 is 0. The first-order valence-electron chi connectivity index (χ1n) is 13.7. The lowest BCUT2D eigenvalue weighted by Crippen LogP contribution is -2.51. The maximum Gasteiger partial charge on any atom is 0.188 e. The van der Waals surface area contributed by atoms with Crippen LogP contribution >= 0.6 is 0 Å². The molecule has 8 nitrogen and oxygen atoms in total. The summed E-state index contributed by atoms with van der Waals surface area (Å²) in [5, 5.41) is 4.19. The van der Waals surface area contributed by atoms with Crippen molar-refractivity contribution in [2.45, 2.75) is 44.6 Å². The van der Waals surface area contributed by atoms with Crippen LogP contribution in [0.1, 0.15) is 51.4 Å². The van der Waals surface area contributed by atoms with E-state index in [-0.39, 0.29) is 11.5 Å². The summed E-state index contributed by atoms with van der Waals surface area (Å²) in [4.78, 5) is 32.2. The molecule has 0 saturated carbocycles. The molecule has 3 aliphatic heterocycles. The molecular formula is C28H29N5O3. The number of aromatic nitrogens is 3. The second-order valence-corrected chi connectivity index (χ2v) is 9.91. The van der Waals surface area contributed by atoms with Crippen LogP contribution in [0.2, 0.25) is 0 Å². The van der Waals surface area contributed by atoms with Crippen molar-refractivity contribution in [3.8, 4) is 16.9 Å². The van der Waals surface area contributed by atoms with Crippen LogP contribution in [0, 0.1) is 6.92 Å². The summed E-state index contributed by atoms with van der Waals surface area (Å²) in [5.74, 6) is 2.46. The minimum absolute atomic E-state index is 0.0739. The largest absolute Gasteiger partial charge is 0.483 e. The second-order valence-electron chi connectivity index (χ2n) is 9.91. The average molecular weight is 487 g/mol. The minimum atomic E-state index is -2.46. The van der Waals surface area contributed by atoms with Gasteiger partial charge in [-0.1, -0.05) is 6.07 Å². The number of ether oxygens (including phenoxy) is 1. The molecule has 3 aromatic rings. The van der Waals surface area contributed by atoms with Crippen LogP contribution in [0.15, 0.2) is 42.5 Å². The number of ketones is 1. The van der Waals surface area contributed by atoms with E-state index in [0.717, 1.165) is 45.9 Å². The molecule has 3 aliphatic rings. The Morgan fingerprint density at radius 2 is 1.97 bits per heavy atom. The summed E-state index contributed by atoms with van der Waals surface area (Å²) in [5.41, 5.74) is 5.60. The van der Waals surface area contributed by atoms with Gasteiger partial charge in [0.25, 0.3) is 0 Å². The number of hydrogen-bond donors (Lipinski definition) is 0. The molecule has 1 saturated heterocycles. The van der Waals surface area contributed by atoms with Gasteiger partial charge in [-0.25, -0.2) is 4.79 Å². The van der Waals surface area contributed by atoms with E-state index >= 15 is 0 Å². The number of Topliss-reactive ketones (excluding diaryl/α,β-unsaturated/α-hetero) is 1. The standard InChI is InChI=1S/C28H29N5O3/c1-18-22(19-5-7-23-20(12-19)4-6-21(17-34)31(23)2)14-29-15-24(18)33-10-8-28(9-11-33)13-25(35)27-26(36-28)16-30-32(27)3/h5,7,12,14-16H,4,6,8-11,13H2,1-3H3/i2D3. The van der Waals surface area contributed by atoms with Gasteiger partial charge in [0, 0.05) is 67.9 Å². The Hall–Kier alpha value is -3.90. The Morgan fingerprint density at radius 3 is 2.75 bits per heavy atom. The van der Waals surface area contributed by atoms with E-state index in [1.807, 2.05) is 30.5 Å². The maximum atomic E-state index is 12.8. The zero-order valence-electron chi connectivity index (χ0n) is 23.4. The molecule has 0 atom stereocenters. The van der Waals surface area contributed by atoms with Gasteiger partial charge in [-0.05, 0) is 42.2 Å². The van der Waals surface area contributed by atoms with Crippen molar-refractivity contribution in [3.05, 3.63) is 59.3 Å². The fourth-order valence-electron chi connectivity index (χ4n) is 5.79. The van der Waals surface area contributed by atoms with Crippen LogP contribution in [0.4, 0.5) is 11.4 Å². The average Bonchev–Trinajstić information content (AvgIpc) is 3.28. The molecule has 36 heavy (non-hydrogen) atoms. The van der Waals surface area contributed by atoms with E-state index in [9.17, 15) is 9.59 Å². The zero-order valence-corrected chi connectivity index (χ0v) is 20.4. The summed E-state index contributed by atoms with van der Waals surface area (Å²) in [7, 11) is 1.76. The van der Waals surface area contributed by atoms with Gasteiger partial charge in [-0.3, -0.25) is 14.5 Å². The number of allylic oxidation sites excluding steroid dienone is 1. The van der Waals surface area contributed by atoms with Gasteiger partial charge in [0.15, 0.2) is 11.5 Å². The fraction of sp³-hybridized carbons (Fsp3) is 0.393. The molecule has 1 fully saturated rings. The highest BCUT2D eigenvalue weighted by molar-refractivity contribution is 5.98. The zero-order chi connectivity index (χ0) is 27.5. The van der Waals surface area contributed by atoms with E-state index in [1.165, 1.54) is 0 Å². The van der Waals surface area contributed by atoms with Gasteiger partial charge in [-0.2, -0.15) is 5.10 Å². The molecule has 0 aliphatic carbocycles. The fourth-order valence-corrected chi connectivity index (χ4v) is 5.79. The molecule has 6 rings (SSSR count). The molecule has 8 heteroatoms. The highest BCUT2D eigenvalue weighted by Gasteiger charge is 2.44. The molecule has 5 heterocycles. The van der Waals surface area contributed by atoms with E-state index in [4.69, 9.17) is 8.85 Å². The molecule has 1 aromatic carbocycles. The lowest BCUT2D eigenvalue weighted by Gasteiger charge is -2.44. The van der Waals surface area contributed by atoms with E-state index in [1.54, 1.807) is 24.0 Å². The third-order valence-corrected chi connectivity index (χ3v) is 7.83. The molecule has 2 aromatic heterocycles. The molecule has 0 radical (unpaired) electrons. The van der Waals surface area contributed by atoms with Gasteiger partial charge in [0.1, 0.15) is 22.9 Å². The maximum absolute atomic E-state index is 12.8. The number of rotatable bonds is 2. The highest BCUT2D eigenvalue weighted by Crippen LogP contribution is 2.41. The molecule has 0 N–H and O–H groups in total. The Labute approximate surface area is 214 Å². The number of fused-ring (bicyclic) bond motifs is 2. The normalized spacial score (nSPS) is 20.1.